The van der Waals surface area contributed by atoms with E-state index in [1.54, 1.807) is 0 Å². The molecule has 0 aliphatic heterocycles. The van der Waals surface area contributed by atoms with Crippen molar-refractivity contribution in [2.75, 3.05) is 0 Å². The van der Waals surface area contributed by atoms with Crippen LogP contribution in [-0.4, -0.2) is 15.0 Å². The van der Waals surface area contributed by atoms with E-state index in [4.69, 9.17) is 0 Å². The van der Waals surface area contributed by atoms with Crippen molar-refractivity contribution in [1.29, 1.82) is 0 Å². The molecule has 0 aliphatic carbocycles. The number of pyridine rings is 1. The third-order valence-corrected chi connectivity index (χ3v) is 2.19. The van der Waals surface area contributed by atoms with Gasteiger partial charge in [-0.2, -0.15) is 0 Å². The lowest BCUT2D eigenvalue weighted by Crippen LogP contribution is -1.82. The van der Waals surface area contributed by atoms with Crippen LogP contribution in [0.1, 0.15) is 25.2 Å². The maximum Gasteiger partial charge on any atom is 0.177 e. The lowest BCUT2D eigenvalue weighted by molar-refractivity contribution is 0.997. The zero-order chi connectivity index (χ0) is 9.26. The fraction of sp³-hybridized carbons (Fsp3) is 0.400. The number of hydrogen-bond donors (Lipinski definition) is 1. The number of aryl methyl sites for hydroxylation is 2. The zero-order valence-corrected chi connectivity index (χ0v) is 7.96. The molecule has 68 valence electrons. The van der Waals surface area contributed by atoms with Crippen molar-refractivity contribution in [3.63, 3.8) is 0 Å². The monoisotopic (exact) mass is 175 g/mol. The Hall–Kier alpha value is -1.38. The van der Waals surface area contributed by atoms with E-state index in [2.05, 4.69) is 34.9 Å². The molecule has 2 aromatic rings. The average Bonchev–Trinajstić information content (AvgIpc) is 2.58. The van der Waals surface area contributed by atoms with Crippen molar-refractivity contribution in [2.24, 2.45) is 0 Å². The van der Waals surface area contributed by atoms with E-state index in [1.165, 1.54) is 5.56 Å². The van der Waals surface area contributed by atoms with Crippen molar-refractivity contribution in [1.82, 2.24) is 15.0 Å². The van der Waals surface area contributed by atoms with Crippen LogP contribution in [0.3, 0.4) is 0 Å². The van der Waals surface area contributed by atoms with Crippen LogP contribution >= 0.6 is 0 Å². The minimum Gasteiger partial charge on any atom is -0.341 e. The second kappa shape index (κ2) is 3.17. The lowest BCUT2D eigenvalue weighted by atomic mass is 10.2. The third kappa shape index (κ3) is 1.41. The van der Waals surface area contributed by atoms with Gasteiger partial charge in [0.1, 0.15) is 5.82 Å². The highest BCUT2D eigenvalue weighted by molar-refractivity contribution is 5.70. The van der Waals surface area contributed by atoms with Gasteiger partial charge in [0.2, 0.25) is 0 Å². The van der Waals surface area contributed by atoms with E-state index in [0.717, 1.165) is 29.8 Å². The molecule has 0 atom stereocenters. The second-order valence-corrected chi connectivity index (χ2v) is 3.11. The molecule has 0 unspecified atom stereocenters. The predicted molar refractivity (Wildman–Crippen MR) is 52.6 cm³/mol. The molecule has 3 heteroatoms. The average molecular weight is 175 g/mol. The van der Waals surface area contributed by atoms with Crippen LogP contribution in [0, 0.1) is 0 Å². The number of H-pyrrole nitrogens is 1. The molecule has 0 saturated heterocycles. The minimum absolute atomic E-state index is 0.828. The van der Waals surface area contributed by atoms with Gasteiger partial charge in [-0.25, -0.2) is 9.97 Å². The van der Waals surface area contributed by atoms with Crippen LogP contribution in [-0.2, 0) is 12.8 Å². The first-order valence-electron chi connectivity index (χ1n) is 4.67. The lowest BCUT2D eigenvalue weighted by Gasteiger charge is -1.93. The molecular weight excluding hydrogens is 162 g/mol. The van der Waals surface area contributed by atoms with E-state index in [-0.39, 0.29) is 0 Å². The van der Waals surface area contributed by atoms with Crippen LogP contribution in [0.4, 0.5) is 0 Å². The molecule has 0 bridgehead atoms. The van der Waals surface area contributed by atoms with Gasteiger partial charge >= 0.3 is 0 Å². The highest BCUT2D eigenvalue weighted by Crippen LogP contribution is 2.11. The molecule has 0 saturated carbocycles. The van der Waals surface area contributed by atoms with E-state index >= 15 is 0 Å². The highest BCUT2D eigenvalue weighted by Gasteiger charge is 2.01. The van der Waals surface area contributed by atoms with Crippen molar-refractivity contribution in [2.45, 2.75) is 26.7 Å². The molecule has 1 N–H and O–H groups in total. The maximum atomic E-state index is 4.34. The minimum atomic E-state index is 0.828. The van der Waals surface area contributed by atoms with Gasteiger partial charge in [0.25, 0.3) is 0 Å². The van der Waals surface area contributed by atoms with Gasteiger partial charge in [-0.1, -0.05) is 13.8 Å². The summed E-state index contributed by atoms with van der Waals surface area (Å²) in [7, 11) is 0. The van der Waals surface area contributed by atoms with E-state index in [0.29, 0.717) is 0 Å². The fourth-order valence-corrected chi connectivity index (χ4v) is 1.35. The van der Waals surface area contributed by atoms with Gasteiger partial charge in [-0.15, -0.1) is 0 Å². The number of imidazole rings is 1. The summed E-state index contributed by atoms with van der Waals surface area (Å²) >= 11 is 0. The third-order valence-electron chi connectivity index (χ3n) is 2.19. The van der Waals surface area contributed by atoms with Crippen LogP contribution < -0.4 is 0 Å². The molecule has 0 aromatic carbocycles. The Morgan fingerprint density at radius 2 is 2.15 bits per heavy atom. The van der Waals surface area contributed by atoms with Crippen LogP contribution in [0.2, 0.25) is 0 Å². The SMILES string of the molecule is CCc1cnc2nc(CC)[nH]c2c1. The quantitative estimate of drug-likeness (QED) is 0.759. The normalized spacial score (nSPS) is 10.9. The molecule has 0 amide bonds. The summed E-state index contributed by atoms with van der Waals surface area (Å²) in [5.41, 5.74) is 3.13. The molecule has 0 radical (unpaired) electrons. The Labute approximate surface area is 77.2 Å². The molecule has 3 nitrogen and oxygen atoms in total. The smallest absolute Gasteiger partial charge is 0.177 e. The van der Waals surface area contributed by atoms with Crippen LogP contribution in [0.15, 0.2) is 12.3 Å². The number of nitrogens with one attached hydrogen (secondary N) is 1. The zero-order valence-electron chi connectivity index (χ0n) is 7.96. The van der Waals surface area contributed by atoms with Crippen molar-refractivity contribution < 1.29 is 0 Å². The molecule has 0 spiro atoms. The number of aromatic nitrogens is 3. The number of rotatable bonds is 2. The van der Waals surface area contributed by atoms with Gasteiger partial charge in [0, 0.05) is 12.6 Å². The number of nitrogens with zero attached hydrogens (tertiary/aromatic N) is 2. The van der Waals surface area contributed by atoms with Gasteiger partial charge in [0.05, 0.1) is 5.52 Å². The van der Waals surface area contributed by atoms with E-state index < -0.39 is 0 Å². The predicted octanol–water partition coefficient (Wildman–Crippen LogP) is 2.08. The summed E-state index contributed by atoms with van der Waals surface area (Å²) in [6.07, 6.45) is 3.84. The van der Waals surface area contributed by atoms with E-state index in [9.17, 15) is 0 Å². The first kappa shape index (κ1) is 8.23. The molecule has 13 heavy (non-hydrogen) atoms. The maximum absolute atomic E-state index is 4.34. The Bertz CT molecular complexity index is 415. The second-order valence-electron chi connectivity index (χ2n) is 3.11. The van der Waals surface area contributed by atoms with Crippen LogP contribution in [0.5, 0.6) is 0 Å². The summed E-state index contributed by atoms with van der Waals surface area (Å²) < 4.78 is 0. The van der Waals surface area contributed by atoms with E-state index in [1.807, 2.05) is 6.20 Å². The van der Waals surface area contributed by atoms with Gasteiger partial charge in [-0.05, 0) is 18.1 Å². The molecule has 2 rings (SSSR count). The number of fused-ring (bicyclic) bond motifs is 1. The molecule has 2 heterocycles. The van der Waals surface area contributed by atoms with Crippen molar-refractivity contribution in [3.05, 3.63) is 23.7 Å². The summed E-state index contributed by atoms with van der Waals surface area (Å²) in [6.45, 7) is 4.21. The van der Waals surface area contributed by atoms with Gasteiger partial charge in [-0.3, -0.25) is 0 Å². The van der Waals surface area contributed by atoms with Crippen molar-refractivity contribution >= 4 is 11.2 Å². The van der Waals surface area contributed by atoms with Gasteiger partial charge in [0.15, 0.2) is 5.65 Å². The molecule has 0 aliphatic rings. The highest BCUT2D eigenvalue weighted by atomic mass is 15.0. The summed E-state index contributed by atoms with van der Waals surface area (Å²) in [6, 6.07) is 2.12. The Balaban J connectivity index is 2.57. The molecule has 2 aromatic heterocycles. The summed E-state index contributed by atoms with van der Waals surface area (Å²) in [5, 5.41) is 0. The van der Waals surface area contributed by atoms with Gasteiger partial charge < -0.3 is 4.98 Å². The molecular formula is C10H13N3. The van der Waals surface area contributed by atoms with Crippen molar-refractivity contribution in [3.8, 4) is 0 Å². The fourth-order valence-electron chi connectivity index (χ4n) is 1.35. The summed E-state index contributed by atoms with van der Waals surface area (Å²) in [4.78, 5) is 11.9. The Kier molecular flexibility index (Phi) is 2.00. The number of aromatic amines is 1. The Morgan fingerprint density at radius 1 is 1.31 bits per heavy atom. The topological polar surface area (TPSA) is 41.6 Å². The summed E-state index contributed by atoms with van der Waals surface area (Å²) in [5.74, 6) is 1.01. The van der Waals surface area contributed by atoms with Crippen LogP contribution in [0.25, 0.3) is 11.2 Å². The Morgan fingerprint density at radius 3 is 2.85 bits per heavy atom. The number of hydrogen-bond acceptors (Lipinski definition) is 2. The molecule has 0 fully saturated rings. The largest absolute Gasteiger partial charge is 0.341 e. The first-order chi connectivity index (χ1) is 6.33. The first-order valence-corrected chi connectivity index (χ1v) is 4.67. The standard InChI is InChI=1S/C10H13N3/c1-3-7-5-8-10(11-6-7)13-9(4-2)12-8/h5-6H,3-4H2,1-2H3,(H,11,12,13).